The SMILES string of the molecule is Cc1cc(NC(=O)Nc2ccc(-n3cccc3)cc2)ccc1Br. The van der Waals surface area contributed by atoms with E-state index in [9.17, 15) is 4.79 Å². The van der Waals surface area contributed by atoms with Gasteiger partial charge in [0.25, 0.3) is 0 Å². The van der Waals surface area contributed by atoms with Gasteiger partial charge in [-0.15, -0.1) is 0 Å². The van der Waals surface area contributed by atoms with Crippen LogP contribution in [0.5, 0.6) is 0 Å². The summed E-state index contributed by atoms with van der Waals surface area (Å²) in [6.07, 6.45) is 3.95. The fourth-order valence-corrected chi connectivity index (χ4v) is 2.49. The van der Waals surface area contributed by atoms with Crippen molar-refractivity contribution in [1.82, 2.24) is 4.57 Å². The molecule has 1 aromatic heterocycles. The fraction of sp³-hybridized carbons (Fsp3) is 0.0556. The Hall–Kier alpha value is -2.53. The van der Waals surface area contributed by atoms with Gasteiger partial charge in [-0.3, -0.25) is 0 Å². The first-order valence-electron chi connectivity index (χ1n) is 7.19. The quantitative estimate of drug-likeness (QED) is 0.655. The summed E-state index contributed by atoms with van der Waals surface area (Å²) in [5.74, 6) is 0. The molecule has 1 heterocycles. The van der Waals surface area contributed by atoms with Crippen molar-refractivity contribution in [1.29, 1.82) is 0 Å². The molecule has 3 rings (SSSR count). The molecule has 0 spiro atoms. The molecule has 0 radical (unpaired) electrons. The molecule has 0 atom stereocenters. The third-order valence-corrected chi connectivity index (χ3v) is 4.33. The normalized spacial score (nSPS) is 10.3. The van der Waals surface area contributed by atoms with E-state index in [0.717, 1.165) is 27.1 Å². The number of nitrogens with zero attached hydrogens (tertiary/aromatic N) is 1. The van der Waals surface area contributed by atoms with Crippen LogP contribution in [0.3, 0.4) is 0 Å². The highest BCUT2D eigenvalue weighted by Crippen LogP contribution is 2.20. The van der Waals surface area contributed by atoms with Crippen LogP contribution in [0.2, 0.25) is 0 Å². The van der Waals surface area contributed by atoms with Gasteiger partial charge in [0.05, 0.1) is 0 Å². The van der Waals surface area contributed by atoms with Gasteiger partial charge in [0, 0.05) is 33.9 Å². The van der Waals surface area contributed by atoms with Crippen LogP contribution < -0.4 is 10.6 Å². The number of carbonyl (C=O) groups is 1. The highest BCUT2D eigenvalue weighted by Gasteiger charge is 2.04. The summed E-state index contributed by atoms with van der Waals surface area (Å²) >= 11 is 3.44. The Morgan fingerprint density at radius 2 is 1.57 bits per heavy atom. The second-order valence-corrected chi connectivity index (χ2v) is 6.03. The van der Waals surface area contributed by atoms with E-state index in [0.29, 0.717) is 0 Å². The molecule has 2 amide bonds. The number of urea groups is 1. The molecule has 0 aliphatic carbocycles. The van der Waals surface area contributed by atoms with Crippen molar-refractivity contribution in [2.75, 3.05) is 10.6 Å². The van der Waals surface area contributed by atoms with Crippen LogP contribution in [0.4, 0.5) is 16.2 Å². The van der Waals surface area contributed by atoms with E-state index in [4.69, 9.17) is 0 Å². The van der Waals surface area contributed by atoms with Crippen LogP contribution in [0.25, 0.3) is 5.69 Å². The van der Waals surface area contributed by atoms with E-state index in [1.165, 1.54) is 0 Å². The summed E-state index contributed by atoms with van der Waals surface area (Å²) < 4.78 is 3.03. The molecule has 2 aromatic carbocycles. The lowest BCUT2D eigenvalue weighted by Gasteiger charge is -2.10. The zero-order valence-corrected chi connectivity index (χ0v) is 14.2. The summed E-state index contributed by atoms with van der Waals surface area (Å²) in [4.78, 5) is 12.1. The molecule has 116 valence electrons. The Labute approximate surface area is 143 Å². The Morgan fingerprint density at radius 3 is 2.22 bits per heavy atom. The molecule has 0 aliphatic rings. The van der Waals surface area contributed by atoms with E-state index in [2.05, 4.69) is 26.6 Å². The van der Waals surface area contributed by atoms with E-state index in [1.807, 2.05) is 78.5 Å². The fourth-order valence-electron chi connectivity index (χ4n) is 2.24. The van der Waals surface area contributed by atoms with Gasteiger partial charge in [-0.2, -0.15) is 0 Å². The molecule has 0 bridgehead atoms. The van der Waals surface area contributed by atoms with Gasteiger partial charge in [0.15, 0.2) is 0 Å². The number of hydrogen-bond donors (Lipinski definition) is 2. The van der Waals surface area contributed by atoms with Crippen molar-refractivity contribution in [3.63, 3.8) is 0 Å². The molecule has 0 aliphatic heterocycles. The van der Waals surface area contributed by atoms with Crippen LogP contribution in [0.15, 0.2) is 71.5 Å². The van der Waals surface area contributed by atoms with Crippen molar-refractivity contribution in [3.05, 3.63) is 77.0 Å². The lowest BCUT2D eigenvalue weighted by molar-refractivity contribution is 0.262. The Morgan fingerprint density at radius 1 is 0.957 bits per heavy atom. The Balaban J connectivity index is 1.64. The number of halogens is 1. The molecule has 0 unspecified atom stereocenters. The van der Waals surface area contributed by atoms with Crippen LogP contribution in [-0.4, -0.2) is 10.6 Å². The second kappa shape index (κ2) is 6.71. The van der Waals surface area contributed by atoms with Gasteiger partial charge in [-0.1, -0.05) is 15.9 Å². The van der Waals surface area contributed by atoms with Gasteiger partial charge in [0.1, 0.15) is 0 Å². The number of aromatic nitrogens is 1. The molecular formula is C18H16BrN3O. The predicted molar refractivity (Wildman–Crippen MR) is 97.3 cm³/mol. The number of benzene rings is 2. The minimum absolute atomic E-state index is 0.263. The van der Waals surface area contributed by atoms with Crippen LogP contribution in [0.1, 0.15) is 5.56 Å². The maximum absolute atomic E-state index is 12.1. The number of hydrogen-bond acceptors (Lipinski definition) is 1. The van der Waals surface area contributed by atoms with E-state index in [-0.39, 0.29) is 6.03 Å². The van der Waals surface area contributed by atoms with Crippen LogP contribution in [0, 0.1) is 6.92 Å². The largest absolute Gasteiger partial charge is 0.324 e. The minimum Gasteiger partial charge on any atom is -0.324 e. The molecule has 0 saturated heterocycles. The molecule has 2 N–H and O–H groups in total. The Bertz CT molecular complexity index is 811. The molecule has 23 heavy (non-hydrogen) atoms. The maximum atomic E-state index is 12.1. The zero-order chi connectivity index (χ0) is 16.2. The lowest BCUT2D eigenvalue weighted by Crippen LogP contribution is -2.19. The van der Waals surface area contributed by atoms with Crippen molar-refractivity contribution in [2.45, 2.75) is 6.92 Å². The van der Waals surface area contributed by atoms with Gasteiger partial charge < -0.3 is 15.2 Å². The van der Waals surface area contributed by atoms with Crippen LogP contribution >= 0.6 is 15.9 Å². The zero-order valence-electron chi connectivity index (χ0n) is 12.6. The number of anilines is 2. The van der Waals surface area contributed by atoms with Crippen molar-refractivity contribution < 1.29 is 4.79 Å². The number of carbonyl (C=O) groups excluding carboxylic acids is 1. The topological polar surface area (TPSA) is 46.1 Å². The molecule has 0 fully saturated rings. The number of rotatable bonds is 3. The van der Waals surface area contributed by atoms with Gasteiger partial charge in [0.2, 0.25) is 0 Å². The molecule has 4 nitrogen and oxygen atoms in total. The maximum Gasteiger partial charge on any atom is 0.323 e. The molecule has 0 saturated carbocycles. The van der Waals surface area contributed by atoms with E-state index >= 15 is 0 Å². The first-order chi connectivity index (χ1) is 11.1. The summed E-state index contributed by atoms with van der Waals surface area (Å²) in [5.41, 5.74) is 3.61. The van der Waals surface area contributed by atoms with E-state index < -0.39 is 0 Å². The van der Waals surface area contributed by atoms with Crippen LogP contribution in [-0.2, 0) is 0 Å². The van der Waals surface area contributed by atoms with Gasteiger partial charge in [-0.25, -0.2) is 4.79 Å². The standard InChI is InChI=1S/C18H16BrN3O/c1-13-12-15(6-9-17(13)19)21-18(23)20-14-4-7-16(8-5-14)22-10-2-3-11-22/h2-12H,1H3,(H2,20,21,23). The molecular weight excluding hydrogens is 354 g/mol. The summed E-state index contributed by atoms with van der Waals surface area (Å²) in [6, 6.07) is 17.0. The monoisotopic (exact) mass is 369 g/mol. The predicted octanol–water partition coefficient (Wildman–Crippen LogP) is 5.19. The second-order valence-electron chi connectivity index (χ2n) is 5.18. The molecule has 3 aromatic rings. The van der Waals surface area contributed by atoms with Gasteiger partial charge in [-0.05, 0) is 67.1 Å². The first-order valence-corrected chi connectivity index (χ1v) is 7.99. The third-order valence-electron chi connectivity index (χ3n) is 3.44. The Kier molecular flexibility index (Phi) is 4.48. The highest BCUT2D eigenvalue weighted by molar-refractivity contribution is 9.10. The number of nitrogens with one attached hydrogen (secondary N) is 2. The van der Waals surface area contributed by atoms with Crippen molar-refractivity contribution >= 4 is 33.3 Å². The van der Waals surface area contributed by atoms with Gasteiger partial charge >= 0.3 is 6.03 Å². The number of aryl methyl sites for hydroxylation is 1. The van der Waals surface area contributed by atoms with Crippen molar-refractivity contribution in [3.8, 4) is 5.69 Å². The third kappa shape index (κ3) is 3.81. The highest BCUT2D eigenvalue weighted by atomic mass is 79.9. The van der Waals surface area contributed by atoms with Crippen molar-refractivity contribution in [2.24, 2.45) is 0 Å². The number of amides is 2. The average molecular weight is 370 g/mol. The summed E-state index contributed by atoms with van der Waals surface area (Å²) in [7, 11) is 0. The van der Waals surface area contributed by atoms with E-state index in [1.54, 1.807) is 0 Å². The molecule has 5 heteroatoms. The first kappa shape index (κ1) is 15.4. The smallest absolute Gasteiger partial charge is 0.323 e. The lowest BCUT2D eigenvalue weighted by atomic mass is 10.2. The average Bonchev–Trinajstić information content (AvgIpc) is 3.06. The summed E-state index contributed by atoms with van der Waals surface area (Å²) in [6.45, 7) is 1.98. The summed E-state index contributed by atoms with van der Waals surface area (Å²) in [5, 5.41) is 5.65. The minimum atomic E-state index is -0.263.